The number of nitrogens with zero attached hydrogens (tertiary/aromatic N) is 1. The Morgan fingerprint density at radius 3 is 2.95 bits per heavy atom. The summed E-state index contributed by atoms with van der Waals surface area (Å²) < 4.78 is 0. The normalized spacial score (nSPS) is 20.5. The van der Waals surface area contributed by atoms with Gasteiger partial charge in [-0.25, -0.2) is 0 Å². The highest BCUT2D eigenvalue weighted by Crippen LogP contribution is 2.21. The number of H-pyrrole nitrogens is 1. The fraction of sp³-hybridized carbons (Fsp3) is 0.438. The number of amides is 1. The Morgan fingerprint density at radius 1 is 1.26 bits per heavy atom. The Bertz CT molecular complexity index is 554. The molecule has 3 nitrogen and oxygen atoms in total. The summed E-state index contributed by atoms with van der Waals surface area (Å²) in [7, 11) is 0. The molecule has 0 spiro atoms. The quantitative estimate of drug-likeness (QED) is 0.832. The number of rotatable bonds is 1. The van der Waals surface area contributed by atoms with E-state index >= 15 is 0 Å². The van der Waals surface area contributed by atoms with Crippen molar-refractivity contribution in [3.63, 3.8) is 0 Å². The molecule has 1 aliphatic rings. The van der Waals surface area contributed by atoms with Gasteiger partial charge in [-0.15, -0.1) is 0 Å². The van der Waals surface area contributed by atoms with Gasteiger partial charge < -0.3 is 9.88 Å². The van der Waals surface area contributed by atoms with Crippen LogP contribution in [-0.4, -0.2) is 28.4 Å². The molecule has 0 aliphatic carbocycles. The Hall–Kier alpha value is -1.77. The van der Waals surface area contributed by atoms with Crippen LogP contribution < -0.4 is 0 Å². The second-order valence-electron chi connectivity index (χ2n) is 5.47. The highest BCUT2D eigenvalue weighted by molar-refractivity contribution is 5.98. The van der Waals surface area contributed by atoms with E-state index in [1.807, 2.05) is 35.2 Å². The highest BCUT2D eigenvalue weighted by atomic mass is 16.2. The van der Waals surface area contributed by atoms with Gasteiger partial charge in [0.25, 0.3) is 5.91 Å². The number of fused-ring (bicyclic) bond motifs is 1. The molecule has 19 heavy (non-hydrogen) atoms. The predicted molar refractivity (Wildman–Crippen MR) is 77.3 cm³/mol. The maximum atomic E-state index is 12.6. The minimum Gasteiger partial charge on any atom is -0.351 e. The van der Waals surface area contributed by atoms with Gasteiger partial charge in [-0.1, -0.05) is 31.0 Å². The summed E-state index contributed by atoms with van der Waals surface area (Å²) >= 11 is 0. The van der Waals surface area contributed by atoms with Crippen LogP contribution in [0.2, 0.25) is 0 Å². The number of hydrogen-bond acceptors (Lipinski definition) is 1. The number of likely N-dealkylation sites (tertiary alicyclic amines) is 1. The van der Waals surface area contributed by atoms with Gasteiger partial charge >= 0.3 is 0 Å². The minimum absolute atomic E-state index is 0.144. The van der Waals surface area contributed by atoms with Gasteiger partial charge in [0.15, 0.2) is 0 Å². The van der Waals surface area contributed by atoms with Crippen LogP contribution in [0.5, 0.6) is 0 Å². The summed E-state index contributed by atoms with van der Waals surface area (Å²) in [5.74, 6) is 0.144. The van der Waals surface area contributed by atoms with E-state index in [1.54, 1.807) is 0 Å². The molecule has 0 bridgehead atoms. The Labute approximate surface area is 113 Å². The lowest BCUT2D eigenvalue weighted by Crippen LogP contribution is -2.38. The number of para-hydroxylation sites is 1. The lowest BCUT2D eigenvalue weighted by molar-refractivity contribution is 0.0693. The smallest absolute Gasteiger partial charge is 0.270 e. The van der Waals surface area contributed by atoms with Crippen LogP contribution in [0.4, 0.5) is 0 Å². The van der Waals surface area contributed by atoms with Crippen LogP contribution in [0.1, 0.15) is 43.1 Å². The van der Waals surface area contributed by atoms with Crippen molar-refractivity contribution in [1.29, 1.82) is 0 Å². The van der Waals surface area contributed by atoms with E-state index in [0.29, 0.717) is 6.04 Å². The van der Waals surface area contributed by atoms with Crippen molar-refractivity contribution in [3.8, 4) is 0 Å². The van der Waals surface area contributed by atoms with E-state index in [2.05, 4.69) is 11.9 Å². The molecule has 0 saturated carbocycles. The molecule has 2 heterocycles. The largest absolute Gasteiger partial charge is 0.351 e. The zero-order valence-electron chi connectivity index (χ0n) is 11.4. The number of hydrogen-bond donors (Lipinski definition) is 1. The van der Waals surface area contributed by atoms with Crippen molar-refractivity contribution in [2.24, 2.45) is 0 Å². The zero-order chi connectivity index (χ0) is 13.2. The number of carbonyl (C=O) groups excluding carboxylic acids is 1. The first-order chi connectivity index (χ1) is 9.25. The first-order valence-corrected chi connectivity index (χ1v) is 7.14. The van der Waals surface area contributed by atoms with Crippen molar-refractivity contribution >= 4 is 16.8 Å². The molecule has 100 valence electrons. The average molecular weight is 256 g/mol. The van der Waals surface area contributed by atoms with Gasteiger partial charge in [-0.05, 0) is 31.9 Å². The summed E-state index contributed by atoms with van der Waals surface area (Å²) in [5.41, 5.74) is 1.75. The lowest BCUT2D eigenvalue weighted by Gasteiger charge is -2.26. The molecule has 3 heteroatoms. The summed E-state index contributed by atoms with van der Waals surface area (Å²) in [4.78, 5) is 17.9. The van der Waals surface area contributed by atoms with Crippen molar-refractivity contribution in [2.45, 2.75) is 38.6 Å². The maximum absolute atomic E-state index is 12.6. The van der Waals surface area contributed by atoms with Crippen molar-refractivity contribution in [3.05, 3.63) is 36.0 Å². The minimum atomic E-state index is 0.144. The van der Waals surface area contributed by atoms with Crippen molar-refractivity contribution < 1.29 is 4.79 Å². The van der Waals surface area contributed by atoms with E-state index in [4.69, 9.17) is 0 Å². The monoisotopic (exact) mass is 256 g/mol. The molecule has 1 amide bonds. The Balaban J connectivity index is 1.89. The van der Waals surface area contributed by atoms with Gasteiger partial charge in [0.2, 0.25) is 0 Å². The second kappa shape index (κ2) is 5.08. The molecule has 1 fully saturated rings. The van der Waals surface area contributed by atoms with Gasteiger partial charge in [-0.2, -0.15) is 0 Å². The third-order valence-electron chi connectivity index (χ3n) is 4.07. The van der Waals surface area contributed by atoms with E-state index < -0.39 is 0 Å². The predicted octanol–water partition coefficient (Wildman–Crippen LogP) is 3.57. The number of carbonyl (C=O) groups is 1. The van der Waals surface area contributed by atoms with Gasteiger partial charge in [-0.3, -0.25) is 4.79 Å². The van der Waals surface area contributed by atoms with Crippen LogP contribution in [0.3, 0.4) is 0 Å². The molecule has 1 aromatic carbocycles. The van der Waals surface area contributed by atoms with Crippen LogP contribution in [0, 0.1) is 0 Å². The van der Waals surface area contributed by atoms with Crippen LogP contribution in [0.15, 0.2) is 30.3 Å². The maximum Gasteiger partial charge on any atom is 0.270 e. The standard InChI is InChI=1S/C16H20N2O/c1-12-7-3-2-6-10-18(12)16(19)15-11-13-8-4-5-9-14(13)17-15/h4-5,8-9,11-12,17H,2-3,6-7,10H2,1H3. The number of nitrogens with one attached hydrogen (secondary N) is 1. The third kappa shape index (κ3) is 2.37. The Morgan fingerprint density at radius 2 is 2.11 bits per heavy atom. The van der Waals surface area contributed by atoms with E-state index in [-0.39, 0.29) is 5.91 Å². The molecule has 3 rings (SSSR count). The van der Waals surface area contributed by atoms with Crippen LogP contribution in [-0.2, 0) is 0 Å². The first kappa shape index (κ1) is 12.3. The molecule has 0 radical (unpaired) electrons. The number of benzene rings is 1. The molecular formula is C16H20N2O. The number of aromatic nitrogens is 1. The fourth-order valence-corrected chi connectivity index (χ4v) is 2.92. The molecule has 1 aliphatic heterocycles. The molecule has 1 saturated heterocycles. The summed E-state index contributed by atoms with van der Waals surface area (Å²) in [6.45, 7) is 3.04. The summed E-state index contributed by atoms with van der Waals surface area (Å²) in [6, 6.07) is 10.4. The van der Waals surface area contributed by atoms with E-state index in [9.17, 15) is 4.79 Å². The topological polar surface area (TPSA) is 36.1 Å². The average Bonchev–Trinajstić information content (AvgIpc) is 2.74. The van der Waals surface area contributed by atoms with Crippen LogP contribution >= 0.6 is 0 Å². The van der Waals surface area contributed by atoms with Gasteiger partial charge in [0, 0.05) is 23.5 Å². The summed E-state index contributed by atoms with van der Waals surface area (Å²) in [5, 5.41) is 1.10. The molecule has 1 N–H and O–H groups in total. The van der Waals surface area contributed by atoms with Crippen molar-refractivity contribution in [2.75, 3.05) is 6.54 Å². The lowest BCUT2D eigenvalue weighted by atomic mass is 10.1. The summed E-state index contributed by atoms with van der Waals surface area (Å²) in [6.07, 6.45) is 4.71. The molecular weight excluding hydrogens is 236 g/mol. The molecule has 1 aromatic heterocycles. The SMILES string of the molecule is CC1CCCCCN1C(=O)c1cc2ccccc2[nH]1. The van der Waals surface area contributed by atoms with Gasteiger partial charge in [0.05, 0.1) is 0 Å². The van der Waals surface area contributed by atoms with Crippen LogP contribution in [0.25, 0.3) is 10.9 Å². The second-order valence-corrected chi connectivity index (χ2v) is 5.47. The van der Waals surface area contributed by atoms with Crippen molar-refractivity contribution in [1.82, 2.24) is 9.88 Å². The van der Waals surface area contributed by atoms with E-state index in [1.165, 1.54) is 12.8 Å². The zero-order valence-corrected chi connectivity index (χ0v) is 11.4. The molecule has 1 atom stereocenters. The highest BCUT2D eigenvalue weighted by Gasteiger charge is 2.24. The fourth-order valence-electron chi connectivity index (χ4n) is 2.92. The Kier molecular flexibility index (Phi) is 3.28. The number of aromatic amines is 1. The van der Waals surface area contributed by atoms with Gasteiger partial charge in [0.1, 0.15) is 5.69 Å². The van der Waals surface area contributed by atoms with E-state index in [0.717, 1.165) is 36.0 Å². The molecule has 1 unspecified atom stereocenters. The first-order valence-electron chi connectivity index (χ1n) is 7.14. The third-order valence-corrected chi connectivity index (χ3v) is 4.07. The molecule has 2 aromatic rings.